The third-order valence-corrected chi connectivity index (χ3v) is 4.12. The first-order valence-electron chi connectivity index (χ1n) is 6.96. The molecule has 0 bridgehead atoms. The molecule has 3 rings (SSSR count). The average Bonchev–Trinajstić information content (AvgIpc) is 3.15. The number of anilines is 1. The highest BCUT2D eigenvalue weighted by Gasteiger charge is 2.45. The number of nitrogens with zero attached hydrogens (tertiary/aromatic N) is 3. The third-order valence-electron chi connectivity index (χ3n) is 3.59. The second-order valence-electron chi connectivity index (χ2n) is 5.49. The maximum atomic E-state index is 12.0. The van der Waals surface area contributed by atoms with Gasteiger partial charge in [0.05, 0.1) is 5.92 Å². The van der Waals surface area contributed by atoms with Crippen LogP contribution >= 0.6 is 15.9 Å². The van der Waals surface area contributed by atoms with E-state index in [4.69, 9.17) is 9.26 Å². The number of hydrogen-bond acceptors (Lipinski definition) is 6. The smallest absolute Gasteiger partial charge is 0.310 e. The van der Waals surface area contributed by atoms with Crippen LogP contribution in [0.25, 0.3) is 0 Å². The number of carbonyl (C=O) groups excluding carboxylic acids is 1. The summed E-state index contributed by atoms with van der Waals surface area (Å²) in [5, 5.41) is 3.77. The van der Waals surface area contributed by atoms with Gasteiger partial charge in [0.1, 0.15) is 0 Å². The minimum atomic E-state index is -0.211. The van der Waals surface area contributed by atoms with Crippen molar-refractivity contribution in [2.75, 3.05) is 19.0 Å². The molecule has 1 heterocycles. The van der Waals surface area contributed by atoms with Gasteiger partial charge < -0.3 is 14.2 Å². The lowest BCUT2D eigenvalue weighted by molar-refractivity contribution is -0.147. The number of benzene rings is 1. The molecule has 1 fully saturated rings. The molecule has 1 aromatic carbocycles. The molecule has 0 unspecified atom stereocenters. The molecule has 1 aromatic heterocycles. The Morgan fingerprint density at radius 1 is 1.41 bits per heavy atom. The van der Waals surface area contributed by atoms with E-state index in [1.807, 2.05) is 38.4 Å². The van der Waals surface area contributed by atoms with Crippen molar-refractivity contribution in [3.63, 3.8) is 0 Å². The van der Waals surface area contributed by atoms with Gasteiger partial charge in [0.25, 0.3) is 11.8 Å². The van der Waals surface area contributed by atoms with Crippen LogP contribution in [-0.4, -0.2) is 30.2 Å². The fourth-order valence-electron chi connectivity index (χ4n) is 2.26. The van der Waals surface area contributed by atoms with Crippen molar-refractivity contribution in [3.8, 4) is 0 Å². The zero-order chi connectivity index (χ0) is 15.7. The van der Waals surface area contributed by atoms with Gasteiger partial charge in [-0.05, 0) is 35.2 Å². The van der Waals surface area contributed by atoms with Gasteiger partial charge in [-0.25, -0.2) is 0 Å². The lowest BCUT2D eigenvalue weighted by Crippen LogP contribution is -2.11. The predicted octanol–water partition coefficient (Wildman–Crippen LogP) is 2.75. The molecule has 1 aliphatic rings. The van der Waals surface area contributed by atoms with Crippen molar-refractivity contribution in [2.45, 2.75) is 18.9 Å². The molecule has 2 aromatic rings. The van der Waals surface area contributed by atoms with E-state index >= 15 is 0 Å². The van der Waals surface area contributed by atoms with Gasteiger partial charge in [-0.15, -0.1) is 0 Å². The van der Waals surface area contributed by atoms with Crippen LogP contribution < -0.4 is 4.90 Å². The van der Waals surface area contributed by atoms with Crippen LogP contribution in [0.2, 0.25) is 0 Å². The summed E-state index contributed by atoms with van der Waals surface area (Å²) in [5.74, 6) is 0.735. The molecule has 0 radical (unpaired) electrons. The molecule has 7 heteroatoms. The van der Waals surface area contributed by atoms with Gasteiger partial charge >= 0.3 is 5.97 Å². The lowest BCUT2D eigenvalue weighted by atomic mass is 10.1. The summed E-state index contributed by atoms with van der Waals surface area (Å²) >= 11 is 3.40. The average molecular weight is 366 g/mol. The van der Waals surface area contributed by atoms with Gasteiger partial charge in [0.2, 0.25) is 0 Å². The molecule has 0 saturated heterocycles. The van der Waals surface area contributed by atoms with E-state index in [2.05, 4.69) is 26.1 Å². The number of hydrogen-bond donors (Lipinski definition) is 0. The van der Waals surface area contributed by atoms with E-state index in [9.17, 15) is 4.79 Å². The van der Waals surface area contributed by atoms with E-state index in [0.717, 1.165) is 16.5 Å². The van der Waals surface area contributed by atoms with Gasteiger partial charge in [-0.3, -0.25) is 4.79 Å². The Hall–Kier alpha value is -1.89. The van der Waals surface area contributed by atoms with Crippen LogP contribution in [0.1, 0.15) is 23.8 Å². The predicted molar refractivity (Wildman–Crippen MR) is 83.4 cm³/mol. The fraction of sp³-hybridized carbons (Fsp3) is 0.400. The Morgan fingerprint density at radius 3 is 2.77 bits per heavy atom. The Kier molecular flexibility index (Phi) is 4.15. The number of esters is 1. The van der Waals surface area contributed by atoms with E-state index in [1.54, 1.807) is 4.90 Å². The van der Waals surface area contributed by atoms with E-state index in [-0.39, 0.29) is 24.4 Å². The fourth-order valence-corrected chi connectivity index (χ4v) is 2.52. The number of ether oxygens (including phenoxy) is 1. The standard InChI is InChI=1S/C15H16BrN3O3/c1-19(2)15-17-13(22-18-15)8-21-14(20)12-7-11(12)9-3-5-10(16)6-4-9/h3-6,11-12H,7-8H2,1-2H3/t11-,12+/m1/s1. The number of aromatic nitrogens is 2. The van der Waals surface area contributed by atoms with E-state index < -0.39 is 0 Å². The SMILES string of the molecule is CN(C)c1noc(COC(=O)[C@H]2C[C@@H]2c2ccc(Br)cc2)n1. The quantitative estimate of drug-likeness (QED) is 0.758. The van der Waals surface area contributed by atoms with Crippen LogP contribution in [-0.2, 0) is 16.1 Å². The molecule has 1 saturated carbocycles. The second kappa shape index (κ2) is 6.08. The third kappa shape index (κ3) is 3.30. The summed E-state index contributed by atoms with van der Waals surface area (Å²) in [6.45, 7) is 0.0171. The second-order valence-corrected chi connectivity index (χ2v) is 6.41. The minimum absolute atomic E-state index is 0.0171. The summed E-state index contributed by atoms with van der Waals surface area (Å²) in [6, 6.07) is 8.03. The van der Waals surface area contributed by atoms with E-state index in [0.29, 0.717) is 11.8 Å². The Morgan fingerprint density at radius 2 is 2.14 bits per heavy atom. The summed E-state index contributed by atoms with van der Waals surface area (Å²) in [4.78, 5) is 17.9. The molecule has 1 aliphatic carbocycles. The lowest BCUT2D eigenvalue weighted by Gasteiger charge is -2.03. The number of carbonyl (C=O) groups is 1. The van der Waals surface area contributed by atoms with Crippen LogP contribution in [0, 0.1) is 5.92 Å². The van der Waals surface area contributed by atoms with Crippen LogP contribution in [0.4, 0.5) is 5.95 Å². The summed E-state index contributed by atoms with van der Waals surface area (Å²) < 4.78 is 11.3. The van der Waals surface area contributed by atoms with Crippen molar-refractivity contribution < 1.29 is 14.1 Å². The molecular weight excluding hydrogens is 350 g/mol. The van der Waals surface area contributed by atoms with Crippen LogP contribution in [0.3, 0.4) is 0 Å². The highest BCUT2D eigenvalue weighted by Crippen LogP contribution is 2.48. The molecule has 22 heavy (non-hydrogen) atoms. The Bertz CT molecular complexity index is 669. The topological polar surface area (TPSA) is 68.5 Å². The first kappa shape index (κ1) is 15.0. The first-order chi connectivity index (χ1) is 10.5. The Balaban J connectivity index is 1.52. The molecule has 0 amide bonds. The van der Waals surface area contributed by atoms with E-state index in [1.165, 1.54) is 0 Å². The highest BCUT2D eigenvalue weighted by atomic mass is 79.9. The van der Waals surface area contributed by atoms with Gasteiger partial charge in [-0.1, -0.05) is 28.1 Å². The number of halogens is 1. The monoisotopic (exact) mass is 365 g/mol. The van der Waals surface area contributed by atoms with Crippen molar-refractivity contribution in [1.29, 1.82) is 0 Å². The first-order valence-corrected chi connectivity index (χ1v) is 7.76. The van der Waals surface area contributed by atoms with Crippen molar-refractivity contribution >= 4 is 27.8 Å². The molecule has 6 nitrogen and oxygen atoms in total. The normalized spacial score (nSPS) is 19.8. The van der Waals surface area contributed by atoms with Crippen LogP contribution in [0.5, 0.6) is 0 Å². The zero-order valence-corrected chi connectivity index (χ0v) is 13.9. The largest absolute Gasteiger partial charge is 0.455 e. The minimum Gasteiger partial charge on any atom is -0.455 e. The maximum Gasteiger partial charge on any atom is 0.310 e. The molecule has 0 spiro atoms. The van der Waals surface area contributed by atoms with Gasteiger partial charge in [0, 0.05) is 18.6 Å². The maximum absolute atomic E-state index is 12.0. The summed E-state index contributed by atoms with van der Waals surface area (Å²) in [5.41, 5.74) is 1.16. The molecule has 0 N–H and O–H groups in total. The molecule has 2 atom stereocenters. The number of rotatable bonds is 5. The Labute approximate surface area is 136 Å². The van der Waals surface area contributed by atoms with Gasteiger partial charge in [0.15, 0.2) is 6.61 Å². The van der Waals surface area contributed by atoms with Crippen molar-refractivity contribution in [2.24, 2.45) is 5.92 Å². The highest BCUT2D eigenvalue weighted by molar-refractivity contribution is 9.10. The molecule has 0 aliphatic heterocycles. The van der Waals surface area contributed by atoms with Crippen molar-refractivity contribution in [1.82, 2.24) is 10.1 Å². The molecular formula is C15H16BrN3O3. The molecule has 116 valence electrons. The van der Waals surface area contributed by atoms with Crippen LogP contribution in [0.15, 0.2) is 33.3 Å². The van der Waals surface area contributed by atoms with Crippen molar-refractivity contribution in [3.05, 3.63) is 40.2 Å². The summed E-state index contributed by atoms with van der Waals surface area (Å²) in [7, 11) is 3.63. The summed E-state index contributed by atoms with van der Waals surface area (Å²) in [6.07, 6.45) is 0.827. The zero-order valence-electron chi connectivity index (χ0n) is 12.3. The van der Waals surface area contributed by atoms with Gasteiger partial charge in [-0.2, -0.15) is 4.98 Å².